The van der Waals surface area contributed by atoms with Gasteiger partial charge in [-0.3, -0.25) is 4.90 Å². The van der Waals surface area contributed by atoms with Crippen LogP contribution in [0.4, 0.5) is 5.95 Å². The summed E-state index contributed by atoms with van der Waals surface area (Å²) in [5, 5.41) is 3.31. The van der Waals surface area contributed by atoms with E-state index in [9.17, 15) is 0 Å². The second-order valence-electron chi connectivity index (χ2n) is 7.24. The molecule has 0 aromatic carbocycles. The molecule has 8 heteroatoms. The van der Waals surface area contributed by atoms with Crippen molar-refractivity contribution in [2.75, 3.05) is 44.8 Å². The molecule has 2 aromatic rings. The molecule has 0 amide bonds. The van der Waals surface area contributed by atoms with Gasteiger partial charge < -0.3 is 19.4 Å². The summed E-state index contributed by atoms with van der Waals surface area (Å²) in [6.07, 6.45) is 8.30. The Labute approximate surface area is 153 Å². The van der Waals surface area contributed by atoms with Crippen molar-refractivity contribution in [2.45, 2.75) is 18.6 Å². The molecule has 2 fully saturated rings. The zero-order valence-corrected chi connectivity index (χ0v) is 15.2. The van der Waals surface area contributed by atoms with Crippen LogP contribution in [0.1, 0.15) is 12.2 Å². The van der Waals surface area contributed by atoms with E-state index in [1.165, 1.54) is 0 Å². The topological polar surface area (TPSA) is 77.3 Å². The van der Waals surface area contributed by atoms with Crippen molar-refractivity contribution < 1.29 is 9.47 Å². The second kappa shape index (κ2) is 7.69. The largest absolute Gasteiger partial charge is 0.377 e. The number of nitrogens with one attached hydrogen (secondary N) is 1. The van der Waals surface area contributed by atoms with Crippen molar-refractivity contribution in [3.8, 4) is 0 Å². The fourth-order valence-corrected chi connectivity index (χ4v) is 3.77. The first-order valence-corrected chi connectivity index (χ1v) is 9.14. The number of aromatic nitrogens is 4. The average molecular weight is 358 g/mol. The Morgan fingerprint density at radius 2 is 2.15 bits per heavy atom. The van der Waals surface area contributed by atoms with Crippen LogP contribution < -0.4 is 5.32 Å². The van der Waals surface area contributed by atoms with Crippen LogP contribution >= 0.6 is 0 Å². The second-order valence-corrected chi connectivity index (χ2v) is 7.24. The lowest BCUT2D eigenvalue weighted by atomic mass is 9.94. The number of rotatable bonds is 5. The molecule has 2 atom stereocenters. The van der Waals surface area contributed by atoms with E-state index in [1.54, 1.807) is 12.4 Å². The fourth-order valence-electron chi connectivity index (χ4n) is 3.77. The summed E-state index contributed by atoms with van der Waals surface area (Å²) >= 11 is 0. The van der Waals surface area contributed by atoms with Crippen LogP contribution in [0.15, 0.2) is 30.9 Å². The van der Waals surface area contributed by atoms with Gasteiger partial charge in [-0.2, -0.15) is 0 Å². The van der Waals surface area contributed by atoms with E-state index in [0.717, 1.165) is 51.6 Å². The van der Waals surface area contributed by atoms with Gasteiger partial charge in [-0.15, -0.1) is 0 Å². The Hall–Kier alpha value is -2.03. The van der Waals surface area contributed by atoms with E-state index < -0.39 is 0 Å². The third-order valence-electron chi connectivity index (χ3n) is 5.12. The summed E-state index contributed by atoms with van der Waals surface area (Å²) in [5.41, 5.74) is -0.231. The van der Waals surface area contributed by atoms with Crippen LogP contribution in [0, 0.1) is 5.92 Å². The van der Waals surface area contributed by atoms with Crippen molar-refractivity contribution in [3.63, 3.8) is 0 Å². The molecule has 26 heavy (non-hydrogen) atoms. The van der Waals surface area contributed by atoms with E-state index in [-0.39, 0.29) is 5.60 Å². The molecule has 2 aliphatic rings. The predicted octanol–water partition coefficient (Wildman–Crippen LogP) is 0.930. The maximum Gasteiger partial charge on any atom is 0.222 e. The lowest BCUT2D eigenvalue weighted by molar-refractivity contribution is -0.0564. The fraction of sp³-hybridized carbons (Fsp3) is 0.611. The van der Waals surface area contributed by atoms with E-state index in [4.69, 9.17) is 9.47 Å². The molecule has 0 bridgehead atoms. The molecule has 2 aliphatic heterocycles. The molecule has 4 heterocycles. The van der Waals surface area contributed by atoms with Crippen LogP contribution in [-0.2, 0) is 23.1 Å². The highest BCUT2D eigenvalue weighted by atomic mass is 16.5. The smallest absolute Gasteiger partial charge is 0.222 e. The van der Waals surface area contributed by atoms with Gasteiger partial charge in [0.15, 0.2) is 0 Å². The number of hydrogen-bond acceptors (Lipinski definition) is 7. The summed E-state index contributed by atoms with van der Waals surface area (Å²) in [4.78, 5) is 15.3. The molecular weight excluding hydrogens is 332 g/mol. The highest BCUT2D eigenvalue weighted by Crippen LogP contribution is 2.33. The maximum absolute atomic E-state index is 6.27. The summed E-state index contributed by atoms with van der Waals surface area (Å²) in [5.74, 6) is 2.16. The maximum atomic E-state index is 6.27. The van der Waals surface area contributed by atoms with Gasteiger partial charge in [0.1, 0.15) is 11.4 Å². The number of anilines is 1. The number of imidazole rings is 1. The van der Waals surface area contributed by atoms with Gasteiger partial charge in [-0.25, -0.2) is 15.0 Å². The van der Waals surface area contributed by atoms with Crippen LogP contribution in [0.3, 0.4) is 0 Å². The minimum Gasteiger partial charge on any atom is -0.377 e. The molecule has 4 rings (SSSR count). The molecular formula is C18H26N6O2. The Morgan fingerprint density at radius 3 is 2.96 bits per heavy atom. The number of nitrogens with zero attached hydrogens (tertiary/aromatic N) is 5. The van der Waals surface area contributed by atoms with E-state index in [1.807, 2.05) is 25.5 Å². The SMILES string of the molecule is Cn1ccnc1CN1CCOC[C@]2(C[C@@H](CNc3ncccn3)CO2)C1. The first kappa shape index (κ1) is 17.4. The van der Waals surface area contributed by atoms with Crippen molar-refractivity contribution in [1.29, 1.82) is 0 Å². The van der Waals surface area contributed by atoms with E-state index >= 15 is 0 Å². The molecule has 2 saturated heterocycles. The quantitative estimate of drug-likeness (QED) is 0.852. The number of hydrogen-bond donors (Lipinski definition) is 1. The van der Waals surface area contributed by atoms with Gasteiger partial charge >= 0.3 is 0 Å². The highest BCUT2D eigenvalue weighted by molar-refractivity contribution is 5.22. The summed E-state index contributed by atoms with van der Waals surface area (Å²) in [6.45, 7) is 5.53. The normalized spacial score (nSPS) is 26.9. The number of aryl methyl sites for hydroxylation is 1. The molecule has 0 unspecified atom stereocenters. The van der Waals surface area contributed by atoms with E-state index in [2.05, 4.69) is 29.7 Å². The van der Waals surface area contributed by atoms with Crippen molar-refractivity contribution in [3.05, 3.63) is 36.7 Å². The molecule has 0 radical (unpaired) electrons. The van der Waals surface area contributed by atoms with Crippen LogP contribution in [0.25, 0.3) is 0 Å². The van der Waals surface area contributed by atoms with Gasteiger partial charge in [0.05, 0.1) is 26.4 Å². The lowest BCUT2D eigenvalue weighted by Gasteiger charge is -2.31. The first-order valence-electron chi connectivity index (χ1n) is 9.14. The molecule has 1 spiro atoms. The molecule has 8 nitrogen and oxygen atoms in total. The Bertz CT molecular complexity index is 709. The monoisotopic (exact) mass is 358 g/mol. The molecule has 2 aromatic heterocycles. The lowest BCUT2D eigenvalue weighted by Crippen LogP contribution is -2.44. The van der Waals surface area contributed by atoms with Crippen LogP contribution in [0.5, 0.6) is 0 Å². The zero-order chi connectivity index (χ0) is 17.8. The van der Waals surface area contributed by atoms with Crippen molar-refractivity contribution in [1.82, 2.24) is 24.4 Å². The third kappa shape index (κ3) is 4.03. The van der Waals surface area contributed by atoms with Gasteiger partial charge in [-0.05, 0) is 12.5 Å². The third-order valence-corrected chi connectivity index (χ3v) is 5.12. The van der Waals surface area contributed by atoms with Crippen molar-refractivity contribution in [2.24, 2.45) is 13.0 Å². The molecule has 1 N–H and O–H groups in total. The van der Waals surface area contributed by atoms with E-state index in [0.29, 0.717) is 18.5 Å². The molecule has 140 valence electrons. The van der Waals surface area contributed by atoms with Crippen LogP contribution in [-0.4, -0.2) is 69.5 Å². The summed E-state index contributed by atoms with van der Waals surface area (Å²) < 4.78 is 14.2. The molecule has 0 saturated carbocycles. The summed E-state index contributed by atoms with van der Waals surface area (Å²) in [6, 6.07) is 1.82. The highest BCUT2D eigenvalue weighted by Gasteiger charge is 2.43. The van der Waals surface area contributed by atoms with Crippen LogP contribution in [0.2, 0.25) is 0 Å². The Balaban J connectivity index is 1.35. The zero-order valence-electron chi connectivity index (χ0n) is 15.2. The minimum absolute atomic E-state index is 0.231. The molecule has 0 aliphatic carbocycles. The van der Waals surface area contributed by atoms with Gasteiger partial charge in [0.2, 0.25) is 5.95 Å². The average Bonchev–Trinajstić information content (AvgIpc) is 3.18. The van der Waals surface area contributed by atoms with Crippen molar-refractivity contribution >= 4 is 5.95 Å². The first-order chi connectivity index (χ1) is 12.7. The van der Waals surface area contributed by atoms with Gasteiger partial charge in [0, 0.05) is 57.4 Å². The standard InChI is InChI=1S/C18H26N6O2/c1-23-6-5-19-16(23)11-24-7-8-25-14-18(13-24)9-15(12-26-18)10-22-17-20-3-2-4-21-17/h2-6,15H,7-14H2,1H3,(H,20,21,22)/t15-,18-/m0/s1. The minimum atomic E-state index is -0.231. The number of ether oxygens (including phenoxy) is 2. The predicted molar refractivity (Wildman–Crippen MR) is 96.6 cm³/mol. The Kier molecular flexibility index (Phi) is 5.14. The summed E-state index contributed by atoms with van der Waals surface area (Å²) in [7, 11) is 2.03. The van der Waals surface area contributed by atoms with Gasteiger partial charge in [0.25, 0.3) is 0 Å². The van der Waals surface area contributed by atoms with Gasteiger partial charge in [-0.1, -0.05) is 0 Å². The Morgan fingerprint density at radius 1 is 1.27 bits per heavy atom.